The number of pyridine rings is 1. The van der Waals surface area contributed by atoms with Gasteiger partial charge in [-0.2, -0.15) is 5.26 Å². The van der Waals surface area contributed by atoms with Crippen LogP contribution in [0, 0.1) is 17.1 Å². The predicted molar refractivity (Wildman–Crippen MR) is 89.8 cm³/mol. The summed E-state index contributed by atoms with van der Waals surface area (Å²) in [4.78, 5) is 12.3. The molecule has 0 aliphatic rings. The lowest BCUT2D eigenvalue weighted by Crippen LogP contribution is -1.97. The molecule has 0 bridgehead atoms. The molecule has 0 atom stereocenters. The number of aliphatic imine (C=N–C) groups is 1. The zero-order chi connectivity index (χ0) is 16.4. The molecule has 1 aromatic carbocycles. The number of rotatable bonds is 4. The first-order valence-electron chi connectivity index (χ1n) is 6.51. The second kappa shape index (κ2) is 5.94. The molecule has 0 aliphatic carbocycles. The maximum absolute atomic E-state index is 14.2. The summed E-state index contributed by atoms with van der Waals surface area (Å²) in [5.41, 5.74) is 1.08. The third kappa shape index (κ3) is 2.67. The number of benzene rings is 1. The molecule has 2 aromatic heterocycles. The summed E-state index contributed by atoms with van der Waals surface area (Å²) in [7, 11) is 0. The second-order valence-corrected chi connectivity index (χ2v) is 5.53. The van der Waals surface area contributed by atoms with Gasteiger partial charge in [-0.3, -0.25) is 0 Å². The number of thiazole rings is 1. The van der Waals surface area contributed by atoms with E-state index in [4.69, 9.17) is 0 Å². The zero-order valence-corrected chi connectivity index (χ0v) is 12.7. The number of nitrogens with one attached hydrogen (secondary N) is 1. The molecule has 7 heteroatoms. The van der Waals surface area contributed by atoms with E-state index in [9.17, 15) is 9.65 Å². The van der Waals surface area contributed by atoms with Gasteiger partial charge in [0.25, 0.3) is 0 Å². The monoisotopic (exact) mass is 323 g/mol. The van der Waals surface area contributed by atoms with Crippen molar-refractivity contribution in [2.45, 2.75) is 0 Å². The first-order chi connectivity index (χ1) is 11.1. The Morgan fingerprint density at radius 1 is 1.39 bits per heavy atom. The van der Waals surface area contributed by atoms with Gasteiger partial charge >= 0.3 is 0 Å². The lowest BCUT2D eigenvalue weighted by Gasteiger charge is -2.03. The van der Waals surface area contributed by atoms with E-state index in [1.807, 2.05) is 6.07 Å². The lowest BCUT2D eigenvalue weighted by atomic mass is 10.1. The molecule has 3 rings (SSSR count). The molecule has 0 radical (unpaired) electrons. The van der Waals surface area contributed by atoms with E-state index in [1.165, 1.54) is 23.5 Å². The van der Waals surface area contributed by atoms with E-state index in [1.54, 1.807) is 18.3 Å². The molecule has 0 amide bonds. The van der Waals surface area contributed by atoms with Crippen molar-refractivity contribution in [2.75, 3.05) is 5.32 Å². The van der Waals surface area contributed by atoms with Crippen molar-refractivity contribution in [1.82, 2.24) is 9.97 Å². The number of nitrogens with zero attached hydrogens (tertiary/aromatic N) is 4. The van der Waals surface area contributed by atoms with Crippen LogP contribution in [0.2, 0.25) is 0 Å². The molecule has 0 aliphatic heterocycles. The third-order valence-electron chi connectivity index (χ3n) is 3.11. The maximum atomic E-state index is 14.2. The molecular formula is C16H10FN5S. The largest absolute Gasteiger partial charge is 0.324 e. The number of halogens is 1. The van der Waals surface area contributed by atoms with Crippen LogP contribution < -0.4 is 5.32 Å². The summed E-state index contributed by atoms with van der Waals surface area (Å²) in [6, 6.07) is 8.08. The molecular weight excluding hydrogens is 313 g/mol. The number of fused-ring (bicyclic) bond motifs is 1. The number of anilines is 1. The van der Waals surface area contributed by atoms with Crippen LogP contribution in [0.5, 0.6) is 0 Å². The van der Waals surface area contributed by atoms with Gasteiger partial charge in [-0.1, -0.05) is 12.6 Å². The van der Waals surface area contributed by atoms with Crippen LogP contribution in [0.25, 0.3) is 20.8 Å². The Hall–Kier alpha value is -3.11. The van der Waals surface area contributed by atoms with Gasteiger partial charge < -0.3 is 5.32 Å². The Balaban J connectivity index is 2.19. The quantitative estimate of drug-likeness (QED) is 0.738. The smallest absolute Gasteiger partial charge is 0.151 e. The predicted octanol–water partition coefficient (Wildman–Crippen LogP) is 3.95. The Morgan fingerprint density at radius 3 is 2.96 bits per heavy atom. The highest BCUT2D eigenvalue weighted by atomic mass is 32.1. The highest BCUT2D eigenvalue weighted by Crippen LogP contribution is 2.36. The fourth-order valence-electron chi connectivity index (χ4n) is 2.06. The first kappa shape index (κ1) is 14.8. The molecule has 1 N–H and O–H groups in total. The zero-order valence-electron chi connectivity index (χ0n) is 11.9. The van der Waals surface area contributed by atoms with E-state index >= 15 is 0 Å². The Morgan fingerprint density at radius 2 is 2.22 bits per heavy atom. The molecule has 0 saturated carbocycles. The fraction of sp³-hybridized carbons (Fsp3) is 0. The molecule has 0 saturated heterocycles. The summed E-state index contributed by atoms with van der Waals surface area (Å²) in [6.45, 7) is 7.07. The standard InChI is InChI=1S/C16H10FN5S/c1-9(19-2)21-15-14-12(6-7-20-15)22-16(23-14)13-10(8-18)4-3-5-11(13)17/h3-7H,1-2H2,(H,20,21). The van der Waals surface area contributed by atoms with Crippen molar-refractivity contribution >= 4 is 34.1 Å². The van der Waals surface area contributed by atoms with Gasteiger partial charge in [0, 0.05) is 6.20 Å². The number of hydrogen-bond acceptors (Lipinski definition) is 6. The van der Waals surface area contributed by atoms with Crippen molar-refractivity contribution in [2.24, 2.45) is 4.99 Å². The number of hydrogen-bond donors (Lipinski definition) is 1. The fourth-order valence-corrected chi connectivity index (χ4v) is 3.13. The minimum Gasteiger partial charge on any atom is -0.324 e. The second-order valence-electron chi connectivity index (χ2n) is 4.53. The Kier molecular flexibility index (Phi) is 3.83. The highest BCUT2D eigenvalue weighted by Gasteiger charge is 2.17. The summed E-state index contributed by atoms with van der Waals surface area (Å²) in [5.74, 6) is 0.379. The van der Waals surface area contributed by atoms with Crippen molar-refractivity contribution in [1.29, 1.82) is 5.26 Å². The summed E-state index contributed by atoms with van der Waals surface area (Å²) < 4.78 is 14.9. The average molecular weight is 323 g/mol. The van der Waals surface area contributed by atoms with Gasteiger partial charge in [-0.15, -0.1) is 11.3 Å². The Labute approximate surface area is 135 Å². The van der Waals surface area contributed by atoms with Gasteiger partial charge in [0.05, 0.1) is 27.4 Å². The first-order valence-corrected chi connectivity index (χ1v) is 7.33. The van der Waals surface area contributed by atoms with Gasteiger partial charge in [-0.25, -0.2) is 19.4 Å². The van der Waals surface area contributed by atoms with E-state index < -0.39 is 5.82 Å². The van der Waals surface area contributed by atoms with Crippen molar-refractivity contribution in [3.63, 3.8) is 0 Å². The van der Waals surface area contributed by atoms with Gasteiger partial charge in [0.15, 0.2) is 5.82 Å². The minimum absolute atomic E-state index is 0.197. The normalized spacial score (nSPS) is 10.3. The van der Waals surface area contributed by atoms with E-state index in [2.05, 4.69) is 33.6 Å². The van der Waals surface area contributed by atoms with Crippen LogP contribution in [0.4, 0.5) is 10.2 Å². The third-order valence-corrected chi connectivity index (χ3v) is 4.20. The SMILES string of the molecule is C=NC(=C)Nc1nccc2nc(-c3c(F)cccc3C#N)sc12. The summed E-state index contributed by atoms with van der Waals surface area (Å²) in [6.07, 6.45) is 1.58. The van der Waals surface area contributed by atoms with Gasteiger partial charge in [-0.05, 0) is 24.9 Å². The topological polar surface area (TPSA) is 74.0 Å². The maximum Gasteiger partial charge on any atom is 0.151 e. The summed E-state index contributed by atoms with van der Waals surface area (Å²) >= 11 is 1.24. The van der Waals surface area contributed by atoms with Crippen molar-refractivity contribution < 1.29 is 4.39 Å². The van der Waals surface area contributed by atoms with Gasteiger partial charge in [0.2, 0.25) is 0 Å². The van der Waals surface area contributed by atoms with Crippen molar-refractivity contribution in [3.05, 3.63) is 54.2 Å². The van der Waals surface area contributed by atoms with Crippen LogP contribution in [0.3, 0.4) is 0 Å². The lowest BCUT2D eigenvalue weighted by molar-refractivity contribution is 0.631. The summed E-state index contributed by atoms with van der Waals surface area (Å²) in [5, 5.41) is 12.5. The van der Waals surface area contributed by atoms with Crippen LogP contribution in [-0.4, -0.2) is 16.7 Å². The molecule has 0 spiro atoms. The molecule has 23 heavy (non-hydrogen) atoms. The van der Waals surface area contributed by atoms with Gasteiger partial charge in [0.1, 0.15) is 16.6 Å². The van der Waals surface area contributed by atoms with E-state index in [-0.39, 0.29) is 11.1 Å². The number of aromatic nitrogens is 2. The Bertz CT molecular complexity index is 970. The van der Waals surface area contributed by atoms with Crippen LogP contribution in [0.1, 0.15) is 5.56 Å². The van der Waals surface area contributed by atoms with E-state index in [0.717, 1.165) is 4.70 Å². The molecule has 112 valence electrons. The van der Waals surface area contributed by atoms with E-state index in [0.29, 0.717) is 22.2 Å². The minimum atomic E-state index is -0.484. The highest BCUT2D eigenvalue weighted by molar-refractivity contribution is 7.22. The number of nitriles is 1. The molecule has 2 heterocycles. The van der Waals surface area contributed by atoms with Crippen molar-refractivity contribution in [3.8, 4) is 16.6 Å². The molecule has 3 aromatic rings. The van der Waals surface area contributed by atoms with Crippen LogP contribution >= 0.6 is 11.3 Å². The average Bonchev–Trinajstić information content (AvgIpc) is 2.99. The van der Waals surface area contributed by atoms with Crippen LogP contribution in [-0.2, 0) is 0 Å². The van der Waals surface area contributed by atoms with Crippen LogP contribution in [0.15, 0.2) is 47.9 Å². The molecule has 5 nitrogen and oxygen atoms in total. The molecule has 0 fully saturated rings. The molecule has 0 unspecified atom stereocenters.